The molecule has 0 unspecified atom stereocenters. The van der Waals surface area contributed by atoms with E-state index in [0.717, 1.165) is 5.69 Å². The lowest BCUT2D eigenvalue weighted by atomic mass is 9.97. The SMILES string of the molecule is COCC(=O)[C@@]1(Oc2cccc3ncnc(Nc4ccc(OCc5ccccn5)c(Cl)c4)c23)CCNC1. The van der Waals surface area contributed by atoms with Crippen molar-refractivity contribution in [3.05, 3.63) is 77.8 Å². The Hall–Kier alpha value is -3.79. The maximum Gasteiger partial charge on any atom is 0.203 e. The minimum Gasteiger partial charge on any atom is -0.486 e. The van der Waals surface area contributed by atoms with E-state index in [9.17, 15) is 4.79 Å². The molecule has 1 fully saturated rings. The third-order valence-corrected chi connectivity index (χ3v) is 6.42. The van der Waals surface area contributed by atoms with Gasteiger partial charge in [-0.25, -0.2) is 9.97 Å². The minimum atomic E-state index is -1.02. The second-order valence-corrected chi connectivity index (χ2v) is 9.04. The third-order valence-electron chi connectivity index (χ3n) is 6.13. The van der Waals surface area contributed by atoms with Crippen LogP contribution in [0.3, 0.4) is 0 Å². The van der Waals surface area contributed by atoms with Gasteiger partial charge in [-0.2, -0.15) is 0 Å². The molecule has 4 aromatic rings. The number of benzene rings is 2. The van der Waals surface area contributed by atoms with Crippen LogP contribution in [0.4, 0.5) is 11.5 Å². The number of ketones is 1. The highest BCUT2D eigenvalue weighted by Crippen LogP contribution is 2.36. The lowest BCUT2D eigenvalue weighted by molar-refractivity contribution is -0.136. The number of pyridine rings is 1. The van der Waals surface area contributed by atoms with Crippen LogP contribution in [0, 0.1) is 0 Å². The van der Waals surface area contributed by atoms with Gasteiger partial charge in [0.1, 0.15) is 36.9 Å². The van der Waals surface area contributed by atoms with E-state index in [1.165, 1.54) is 13.4 Å². The summed E-state index contributed by atoms with van der Waals surface area (Å²) in [5.74, 6) is 1.47. The number of anilines is 2. The van der Waals surface area contributed by atoms with E-state index in [1.807, 2.05) is 42.5 Å². The molecule has 3 heterocycles. The Morgan fingerprint density at radius 3 is 2.78 bits per heavy atom. The maximum atomic E-state index is 12.9. The van der Waals surface area contributed by atoms with Gasteiger partial charge in [0.2, 0.25) is 5.78 Å². The number of carbonyl (C=O) groups is 1. The molecule has 10 heteroatoms. The Labute approximate surface area is 219 Å². The van der Waals surface area contributed by atoms with E-state index < -0.39 is 5.60 Å². The second-order valence-electron chi connectivity index (χ2n) is 8.63. The molecule has 0 bridgehead atoms. The summed E-state index contributed by atoms with van der Waals surface area (Å²) >= 11 is 6.51. The molecule has 0 spiro atoms. The fourth-order valence-electron chi connectivity index (χ4n) is 4.25. The van der Waals surface area contributed by atoms with Gasteiger partial charge in [-0.05, 0) is 49.0 Å². The van der Waals surface area contributed by atoms with Crippen LogP contribution >= 0.6 is 11.6 Å². The van der Waals surface area contributed by atoms with Crippen molar-refractivity contribution in [2.45, 2.75) is 18.6 Å². The van der Waals surface area contributed by atoms with E-state index >= 15 is 0 Å². The minimum absolute atomic E-state index is 0.0265. The van der Waals surface area contributed by atoms with Gasteiger partial charge >= 0.3 is 0 Å². The number of nitrogens with zero attached hydrogens (tertiary/aromatic N) is 3. The highest BCUT2D eigenvalue weighted by Gasteiger charge is 2.43. The Morgan fingerprint density at radius 1 is 1.11 bits per heavy atom. The number of hydrogen-bond donors (Lipinski definition) is 2. The average Bonchev–Trinajstić information content (AvgIpc) is 3.39. The topological polar surface area (TPSA) is 107 Å². The summed E-state index contributed by atoms with van der Waals surface area (Å²) in [5.41, 5.74) is 1.17. The summed E-state index contributed by atoms with van der Waals surface area (Å²) in [4.78, 5) is 26.0. The quantitative estimate of drug-likeness (QED) is 0.316. The zero-order valence-corrected chi connectivity index (χ0v) is 21.0. The fourth-order valence-corrected chi connectivity index (χ4v) is 4.49. The number of Topliss-reactive ketones (excluding diaryl/α,β-unsaturated/α-hetero) is 1. The molecule has 1 saturated heterocycles. The monoisotopic (exact) mass is 519 g/mol. The van der Waals surface area contributed by atoms with Crippen molar-refractivity contribution in [3.63, 3.8) is 0 Å². The van der Waals surface area contributed by atoms with Gasteiger partial charge in [0, 0.05) is 32.0 Å². The molecule has 0 amide bonds. The lowest BCUT2D eigenvalue weighted by Crippen LogP contribution is -2.48. The molecule has 1 aliphatic rings. The summed E-state index contributed by atoms with van der Waals surface area (Å²) in [6.07, 6.45) is 3.73. The first-order valence-corrected chi connectivity index (χ1v) is 12.2. The van der Waals surface area contributed by atoms with Crippen molar-refractivity contribution >= 4 is 39.8 Å². The zero-order chi connectivity index (χ0) is 25.7. The van der Waals surface area contributed by atoms with Crippen LogP contribution in [0.25, 0.3) is 10.9 Å². The van der Waals surface area contributed by atoms with Gasteiger partial charge in [-0.15, -0.1) is 0 Å². The Morgan fingerprint density at radius 2 is 2.03 bits per heavy atom. The van der Waals surface area contributed by atoms with Crippen molar-refractivity contribution in [1.29, 1.82) is 0 Å². The predicted molar refractivity (Wildman–Crippen MR) is 141 cm³/mol. The molecule has 9 nitrogen and oxygen atoms in total. The molecule has 2 aromatic carbocycles. The van der Waals surface area contributed by atoms with Crippen LogP contribution in [0.15, 0.2) is 67.1 Å². The van der Waals surface area contributed by atoms with Crippen LogP contribution in [0.2, 0.25) is 5.02 Å². The highest BCUT2D eigenvalue weighted by molar-refractivity contribution is 6.32. The molecule has 190 valence electrons. The van der Waals surface area contributed by atoms with Crippen molar-refractivity contribution in [3.8, 4) is 11.5 Å². The van der Waals surface area contributed by atoms with Gasteiger partial charge < -0.3 is 24.8 Å². The number of aromatic nitrogens is 3. The van der Waals surface area contributed by atoms with E-state index in [0.29, 0.717) is 65.0 Å². The summed E-state index contributed by atoms with van der Waals surface area (Å²) in [5, 5.41) is 7.64. The van der Waals surface area contributed by atoms with Crippen LogP contribution < -0.4 is 20.1 Å². The third kappa shape index (κ3) is 5.48. The Bertz CT molecular complexity index is 1390. The molecule has 5 rings (SSSR count). The van der Waals surface area contributed by atoms with Crippen LogP contribution in [-0.4, -0.2) is 53.1 Å². The number of rotatable bonds is 10. The molecule has 0 radical (unpaired) electrons. The van der Waals surface area contributed by atoms with E-state index in [4.69, 9.17) is 25.8 Å². The largest absolute Gasteiger partial charge is 0.486 e. The standard InChI is InChI=1S/C27H26ClN5O4/c1-35-15-24(34)27(10-12-29-16-27)37-23-7-4-6-21-25(23)26(32-17-31-21)33-18-8-9-22(20(28)13-18)36-14-19-5-2-3-11-30-19/h2-9,11,13,17,29H,10,12,14-16H2,1H3,(H,31,32,33)/t27-/m1/s1. The van der Waals surface area contributed by atoms with Crippen LogP contribution in [-0.2, 0) is 16.1 Å². The zero-order valence-electron chi connectivity index (χ0n) is 20.2. The molecule has 37 heavy (non-hydrogen) atoms. The Kier molecular flexibility index (Phi) is 7.45. The van der Waals surface area contributed by atoms with Gasteiger partial charge in [0.05, 0.1) is 21.6 Å². The van der Waals surface area contributed by atoms with E-state index in [1.54, 1.807) is 18.3 Å². The van der Waals surface area contributed by atoms with E-state index in [-0.39, 0.29) is 12.4 Å². The first-order valence-electron chi connectivity index (χ1n) is 11.8. The molecular formula is C27H26ClN5O4. The number of hydrogen-bond acceptors (Lipinski definition) is 9. The number of fused-ring (bicyclic) bond motifs is 1. The predicted octanol–water partition coefficient (Wildman–Crippen LogP) is 4.33. The normalized spacial score (nSPS) is 17.0. The van der Waals surface area contributed by atoms with Crippen molar-refractivity contribution < 1.29 is 19.0 Å². The molecule has 1 atom stereocenters. The number of halogens is 1. The number of carbonyl (C=O) groups excluding carboxylic acids is 1. The number of ether oxygens (including phenoxy) is 3. The first kappa shape index (κ1) is 24.9. The van der Waals surface area contributed by atoms with Gasteiger partial charge in [-0.3, -0.25) is 9.78 Å². The molecule has 0 aliphatic carbocycles. The molecule has 1 aliphatic heterocycles. The molecule has 2 N–H and O–H groups in total. The first-order chi connectivity index (χ1) is 18.1. The maximum absolute atomic E-state index is 12.9. The lowest BCUT2D eigenvalue weighted by Gasteiger charge is -2.28. The highest BCUT2D eigenvalue weighted by atomic mass is 35.5. The van der Waals surface area contributed by atoms with Crippen molar-refractivity contribution in [2.75, 3.05) is 32.1 Å². The number of nitrogens with one attached hydrogen (secondary N) is 2. The fraction of sp³-hybridized carbons (Fsp3) is 0.259. The van der Waals surface area contributed by atoms with E-state index in [2.05, 4.69) is 25.6 Å². The van der Waals surface area contributed by atoms with Crippen molar-refractivity contribution in [2.24, 2.45) is 0 Å². The summed E-state index contributed by atoms with van der Waals surface area (Å²) < 4.78 is 17.4. The van der Waals surface area contributed by atoms with Gasteiger partial charge in [-0.1, -0.05) is 23.7 Å². The molecule has 0 saturated carbocycles. The van der Waals surface area contributed by atoms with Crippen LogP contribution in [0.1, 0.15) is 12.1 Å². The number of methoxy groups -OCH3 is 1. The van der Waals surface area contributed by atoms with Crippen LogP contribution in [0.5, 0.6) is 11.5 Å². The summed E-state index contributed by atoms with van der Waals surface area (Å²) in [7, 11) is 1.50. The Balaban J connectivity index is 1.41. The molecular weight excluding hydrogens is 494 g/mol. The van der Waals surface area contributed by atoms with Gasteiger partial charge in [0.25, 0.3) is 0 Å². The second kappa shape index (κ2) is 11.1. The average molecular weight is 520 g/mol. The van der Waals surface area contributed by atoms with Crippen molar-refractivity contribution in [1.82, 2.24) is 20.3 Å². The summed E-state index contributed by atoms with van der Waals surface area (Å²) in [6.45, 7) is 1.36. The smallest absolute Gasteiger partial charge is 0.203 e. The molecule has 2 aromatic heterocycles. The van der Waals surface area contributed by atoms with Gasteiger partial charge in [0.15, 0.2) is 5.60 Å². The summed E-state index contributed by atoms with van der Waals surface area (Å²) in [6, 6.07) is 16.6.